The van der Waals surface area contributed by atoms with Crippen LogP contribution in [0.1, 0.15) is 24.2 Å². The number of ketones is 1. The van der Waals surface area contributed by atoms with Crippen molar-refractivity contribution in [3.63, 3.8) is 0 Å². The third-order valence-corrected chi connectivity index (χ3v) is 4.39. The fraction of sp³-hybridized carbons (Fsp3) is 0.143. The normalized spacial score (nSPS) is 11.8. The third kappa shape index (κ3) is 3.86. The molecule has 0 radical (unpaired) electrons. The highest BCUT2D eigenvalue weighted by molar-refractivity contribution is 6.35. The van der Waals surface area contributed by atoms with Crippen molar-refractivity contribution in [3.05, 3.63) is 71.2 Å². The fourth-order valence-electron chi connectivity index (χ4n) is 2.61. The molecule has 0 aliphatic carbocycles. The summed E-state index contributed by atoms with van der Waals surface area (Å²) in [6, 6.07) is 17.9. The predicted molar refractivity (Wildman–Crippen MR) is 104 cm³/mol. The van der Waals surface area contributed by atoms with Crippen LogP contribution in [0.5, 0.6) is 5.75 Å². The van der Waals surface area contributed by atoms with Crippen molar-refractivity contribution in [3.8, 4) is 5.75 Å². The number of Topliss-reactive ketones (excluding diaryl/α,β-unsaturated/α-hetero) is 1. The number of benzene rings is 3. The SMILES string of the molecule is CC(=O)c1ccc(NC(=O)[C@@H](C)Oc2ccc(Cl)c3ccccc23)cc1. The number of fused-ring (bicyclic) bond motifs is 1. The van der Waals surface area contributed by atoms with Crippen LogP contribution < -0.4 is 10.1 Å². The number of ether oxygens (including phenoxy) is 1. The van der Waals surface area contributed by atoms with E-state index in [9.17, 15) is 9.59 Å². The second-order valence-corrected chi connectivity index (χ2v) is 6.38. The van der Waals surface area contributed by atoms with E-state index in [1.54, 1.807) is 43.3 Å². The standard InChI is InChI=1S/C21H18ClNO3/c1-13(24)15-7-9-16(10-8-15)23-21(25)14(2)26-20-12-11-19(22)17-5-3-4-6-18(17)20/h3-12,14H,1-2H3,(H,23,25)/t14-/m1/s1. The number of amides is 1. The van der Waals surface area contributed by atoms with Gasteiger partial charge in [-0.3, -0.25) is 9.59 Å². The Morgan fingerprint density at radius 2 is 1.62 bits per heavy atom. The van der Waals surface area contributed by atoms with E-state index in [1.165, 1.54) is 6.92 Å². The van der Waals surface area contributed by atoms with Crippen LogP contribution in [0, 0.1) is 0 Å². The molecule has 4 nitrogen and oxygen atoms in total. The first kappa shape index (κ1) is 18.0. The predicted octanol–water partition coefficient (Wildman–Crippen LogP) is 5.10. The molecule has 3 rings (SSSR count). The van der Waals surface area contributed by atoms with Gasteiger partial charge in [0.05, 0.1) is 0 Å². The molecule has 0 spiro atoms. The molecule has 1 atom stereocenters. The van der Waals surface area contributed by atoms with Crippen LogP contribution in [-0.4, -0.2) is 17.8 Å². The van der Waals surface area contributed by atoms with E-state index in [4.69, 9.17) is 16.3 Å². The van der Waals surface area contributed by atoms with Crippen molar-refractivity contribution >= 4 is 39.8 Å². The van der Waals surface area contributed by atoms with Crippen molar-refractivity contribution < 1.29 is 14.3 Å². The first-order chi connectivity index (χ1) is 12.5. The van der Waals surface area contributed by atoms with Gasteiger partial charge in [-0.2, -0.15) is 0 Å². The lowest BCUT2D eigenvalue weighted by molar-refractivity contribution is -0.122. The summed E-state index contributed by atoms with van der Waals surface area (Å²) in [6.45, 7) is 3.18. The largest absolute Gasteiger partial charge is 0.480 e. The van der Waals surface area contributed by atoms with Crippen molar-refractivity contribution in [2.75, 3.05) is 5.32 Å². The Labute approximate surface area is 156 Å². The van der Waals surface area contributed by atoms with E-state index in [0.29, 0.717) is 22.0 Å². The number of anilines is 1. The van der Waals surface area contributed by atoms with Crippen LogP contribution in [0.3, 0.4) is 0 Å². The van der Waals surface area contributed by atoms with Crippen molar-refractivity contribution in [2.45, 2.75) is 20.0 Å². The first-order valence-electron chi connectivity index (χ1n) is 8.21. The minimum absolute atomic E-state index is 0.0193. The molecule has 132 valence electrons. The molecule has 0 bridgehead atoms. The summed E-state index contributed by atoms with van der Waals surface area (Å²) in [4.78, 5) is 23.7. The van der Waals surface area contributed by atoms with Gasteiger partial charge in [-0.1, -0.05) is 35.9 Å². The minimum atomic E-state index is -0.702. The van der Waals surface area contributed by atoms with Gasteiger partial charge in [0.1, 0.15) is 5.75 Å². The van der Waals surface area contributed by atoms with Gasteiger partial charge in [0.2, 0.25) is 0 Å². The molecule has 0 aliphatic heterocycles. The lowest BCUT2D eigenvalue weighted by atomic mass is 10.1. The van der Waals surface area contributed by atoms with E-state index in [-0.39, 0.29) is 11.7 Å². The van der Waals surface area contributed by atoms with Crippen LogP contribution >= 0.6 is 11.6 Å². The van der Waals surface area contributed by atoms with Gasteiger partial charge in [-0.15, -0.1) is 0 Å². The zero-order chi connectivity index (χ0) is 18.7. The molecule has 0 unspecified atom stereocenters. The van der Waals surface area contributed by atoms with Crippen LogP contribution in [0.4, 0.5) is 5.69 Å². The summed E-state index contributed by atoms with van der Waals surface area (Å²) in [7, 11) is 0. The number of hydrogen-bond acceptors (Lipinski definition) is 3. The number of hydrogen-bond donors (Lipinski definition) is 1. The average Bonchev–Trinajstić information content (AvgIpc) is 2.64. The number of carbonyl (C=O) groups is 2. The molecule has 26 heavy (non-hydrogen) atoms. The highest BCUT2D eigenvalue weighted by atomic mass is 35.5. The van der Waals surface area contributed by atoms with Crippen LogP contribution in [0.25, 0.3) is 10.8 Å². The molecule has 0 heterocycles. The Morgan fingerprint density at radius 1 is 0.962 bits per heavy atom. The van der Waals surface area contributed by atoms with Gasteiger partial charge < -0.3 is 10.1 Å². The molecular formula is C21H18ClNO3. The average molecular weight is 368 g/mol. The monoisotopic (exact) mass is 367 g/mol. The number of nitrogens with one attached hydrogen (secondary N) is 1. The van der Waals surface area contributed by atoms with E-state index in [0.717, 1.165) is 10.8 Å². The van der Waals surface area contributed by atoms with Crippen LogP contribution in [-0.2, 0) is 4.79 Å². The van der Waals surface area contributed by atoms with Gasteiger partial charge in [0.15, 0.2) is 11.9 Å². The van der Waals surface area contributed by atoms with Gasteiger partial charge >= 0.3 is 0 Å². The molecule has 0 saturated heterocycles. The van der Waals surface area contributed by atoms with Crippen molar-refractivity contribution in [1.29, 1.82) is 0 Å². The zero-order valence-electron chi connectivity index (χ0n) is 14.5. The molecule has 3 aromatic carbocycles. The highest BCUT2D eigenvalue weighted by Crippen LogP contribution is 2.31. The maximum atomic E-state index is 12.4. The lowest BCUT2D eigenvalue weighted by Crippen LogP contribution is -2.30. The quantitative estimate of drug-likeness (QED) is 0.638. The smallest absolute Gasteiger partial charge is 0.265 e. The molecule has 3 aromatic rings. The number of carbonyl (C=O) groups excluding carboxylic acids is 2. The summed E-state index contributed by atoms with van der Waals surface area (Å²) in [5.74, 6) is 0.299. The van der Waals surface area contributed by atoms with Crippen LogP contribution in [0.15, 0.2) is 60.7 Å². The van der Waals surface area contributed by atoms with Crippen molar-refractivity contribution in [2.24, 2.45) is 0 Å². The summed E-state index contributed by atoms with van der Waals surface area (Å²) >= 11 is 6.21. The number of halogens is 1. The zero-order valence-corrected chi connectivity index (χ0v) is 15.2. The molecule has 0 aliphatic rings. The second-order valence-electron chi connectivity index (χ2n) is 5.97. The summed E-state index contributed by atoms with van der Waals surface area (Å²) in [5.41, 5.74) is 1.20. The summed E-state index contributed by atoms with van der Waals surface area (Å²) in [5, 5.41) is 5.15. The molecule has 0 fully saturated rings. The molecule has 1 N–H and O–H groups in total. The Hall–Kier alpha value is -2.85. The Balaban J connectivity index is 1.74. The van der Waals surface area contributed by atoms with Gasteiger partial charge in [-0.25, -0.2) is 0 Å². The Bertz CT molecular complexity index is 967. The van der Waals surface area contributed by atoms with Gasteiger partial charge in [0, 0.05) is 27.0 Å². The topological polar surface area (TPSA) is 55.4 Å². The molecule has 0 aromatic heterocycles. The van der Waals surface area contributed by atoms with Crippen LogP contribution in [0.2, 0.25) is 5.02 Å². The summed E-state index contributed by atoms with van der Waals surface area (Å²) < 4.78 is 5.85. The molecule has 0 saturated carbocycles. The van der Waals surface area contributed by atoms with E-state index in [1.807, 2.05) is 24.3 Å². The van der Waals surface area contributed by atoms with E-state index in [2.05, 4.69) is 5.32 Å². The van der Waals surface area contributed by atoms with E-state index >= 15 is 0 Å². The third-order valence-electron chi connectivity index (χ3n) is 4.06. The molecule has 1 amide bonds. The van der Waals surface area contributed by atoms with Gasteiger partial charge in [-0.05, 0) is 50.2 Å². The maximum absolute atomic E-state index is 12.4. The van der Waals surface area contributed by atoms with Crippen molar-refractivity contribution in [1.82, 2.24) is 0 Å². The number of rotatable bonds is 5. The Morgan fingerprint density at radius 3 is 2.27 bits per heavy atom. The fourth-order valence-corrected chi connectivity index (χ4v) is 2.84. The maximum Gasteiger partial charge on any atom is 0.265 e. The highest BCUT2D eigenvalue weighted by Gasteiger charge is 2.17. The lowest BCUT2D eigenvalue weighted by Gasteiger charge is -2.16. The summed E-state index contributed by atoms with van der Waals surface area (Å²) in [6.07, 6.45) is -0.702. The second kappa shape index (κ2) is 7.58. The minimum Gasteiger partial charge on any atom is -0.480 e. The first-order valence-corrected chi connectivity index (χ1v) is 8.59. The molecular weight excluding hydrogens is 350 g/mol. The van der Waals surface area contributed by atoms with Gasteiger partial charge in [0.25, 0.3) is 5.91 Å². The van der Waals surface area contributed by atoms with E-state index < -0.39 is 6.10 Å². The Kier molecular flexibility index (Phi) is 5.24. The molecule has 5 heteroatoms.